The lowest BCUT2D eigenvalue weighted by atomic mass is 10.2. The Morgan fingerprint density at radius 3 is 2.48 bits per heavy atom. The smallest absolute Gasteiger partial charge is 0.319 e. The number of rotatable bonds is 6. The van der Waals surface area contributed by atoms with E-state index < -0.39 is 27.7 Å². The molecule has 25 heavy (non-hydrogen) atoms. The Hall–Kier alpha value is -3.14. The SMILES string of the molecule is Nc1ccc(C(=O)NS(=O)(=O)CCNC(=O)Nc2cccnc2)cc1. The van der Waals surface area contributed by atoms with E-state index in [1.54, 1.807) is 18.3 Å². The van der Waals surface area contributed by atoms with Gasteiger partial charge in [-0.1, -0.05) is 0 Å². The fraction of sp³-hybridized carbons (Fsp3) is 0.133. The lowest BCUT2D eigenvalue weighted by molar-refractivity contribution is 0.0981. The van der Waals surface area contributed by atoms with E-state index >= 15 is 0 Å². The first-order valence-corrected chi connectivity index (χ1v) is 8.86. The van der Waals surface area contributed by atoms with Gasteiger partial charge < -0.3 is 16.4 Å². The number of sulfonamides is 1. The van der Waals surface area contributed by atoms with Gasteiger partial charge in [-0.3, -0.25) is 9.78 Å². The maximum Gasteiger partial charge on any atom is 0.319 e. The van der Waals surface area contributed by atoms with Crippen LogP contribution in [-0.2, 0) is 10.0 Å². The van der Waals surface area contributed by atoms with E-state index in [9.17, 15) is 18.0 Å². The van der Waals surface area contributed by atoms with Gasteiger partial charge in [0.2, 0.25) is 10.0 Å². The molecular weight excluding hydrogens is 346 g/mol. The van der Waals surface area contributed by atoms with Crippen molar-refractivity contribution >= 4 is 33.3 Å². The van der Waals surface area contributed by atoms with E-state index in [0.29, 0.717) is 11.4 Å². The number of nitrogens with two attached hydrogens (primary N) is 1. The molecule has 0 unspecified atom stereocenters. The number of carbonyl (C=O) groups excluding carboxylic acids is 2. The summed E-state index contributed by atoms with van der Waals surface area (Å²) >= 11 is 0. The first-order chi connectivity index (χ1) is 11.9. The second-order valence-electron chi connectivity index (χ2n) is 4.99. The molecule has 3 amide bonds. The molecule has 1 heterocycles. The molecule has 0 saturated carbocycles. The predicted octanol–water partition coefficient (Wildman–Crippen LogP) is 0.545. The average molecular weight is 363 g/mol. The van der Waals surface area contributed by atoms with E-state index in [1.165, 1.54) is 30.5 Å². The van der Waals surface area contributed by atoms with Crippen molar-refractivity contribution in [3.63, 3.8) is 0 Å². The minimum atomic E-state index is -3.89. The van der Waals surface area contributed by atoms with Crippen LogP contribution in [0.25, 0.3) is 0 Å². The average Bonchev–Trinajstić information content (AvgIpc) is 2.55. The number of anilines is 2. The van der Waals surface area contributed by atoms with Crippen molar-refractivity contribution in [3.8, 4) is 0 Å². The summed E-state index contributed by atoms with van der Waals surface area (Å²) in [4.78, 5) is 27.3. The molecule has 0 spiro atoms. The van der Waals surface area contributed by atoms with Crippen LogP contribution in [0.15, 0.2) is 48.8 Å². The number of nitrogens with one attached hydrogen (secondary N) is 3. The molecule has 9 nitrogen and oxygen atoms in total. The van der Waals surface area contributed by atoms with Crippen LogP contribution in [0.1, 0.15) is 10.4 Å². The van der Waals surface area contributed by atoms with Crippen LogP contribution in [0.4, 0.5) is 16.2 Å². The molecule has 0 radical (unpaired) electrons. The fourth-order valence-corrected chi connectivity index (χ4v) is 2.67. The topological polar surface area (TPSA) is 143 Å². The van der Waals surface area contributed by atoms with Crippen molar-refractivity contribution in [1.82, 2.24) is 15.0 Å². The monoisotopic (exact) mass is 363 g/mol. The Labute approximate surface area is 144 Å². The van der Waals surface area contributed by atoms with Crippen molar-refractivity contribution in [2.45, 2.75) is 0 Å². The normalized spacial score (nSPS) is 10.7. The summed E-state index contributed by atoms with van der Waals surface area (Å²) < 4.78 is 25.7. The summed E-state index contributed by atoms with van der Waals surface area (Å²) in [7, 11) is -3.89. The zero-order valence-electron chi connectivity index (χ0n) is 13.1. The summed E-state index contributed by atoms with van der Waals surface area (Å²) in [6, 6.07) is 8.52. The standard InChI is InChI=1S/C15H17N5O4S/c16-12-5-3-11(4-6-12)14(21)20-25(23,24)9-8-18-15(22)19-13-2-1-7-17-10-13/h1-7,10H,8-9,16H2,(H,20,21)(H2,18,19,22). The predicted molar refractivity (Wildman–Crippen MR) is 93.4 cm³/mol. The zero-order valence-corrected chi connectivity index (χ0v) is 13.9. The molecule has 132 valence electrons. The number of nitrogen functional groups attached to an aromatic ring is 1. The molecule has 5 N–H and O–H groups in total. The van der Waals surface area contributed by atoms with Gasteiger partial charge in [0.25, 0.3) is 5.91 Å². The number of nitrogens with zero attached hydrogens (tertiary/aromatic N) is 1. The zero-order chi connectivity index (χ0) is 18.3. The molecule has 10 heteroatoms. The third-order valence-electron chi connectivity index (χ3n) is 3.00. The molecule has 0 atom stereocenters. The molecule has 1 aromatic carbocycles. The van der Waals surface area contributed by atoms with E-state index in [0.717, 1.165) is 0 Å². The van der Waals surface area contributed by atoms with E-state index in [2.05, 4.69) is 15.6 Å². The van der Waals surface area contributed by atoms with Crippen LogP contribution >= 0.6 is 0 Å². The van der Waals surface area contributed by atoms with Crippen molar-refractivity contribution in [2.75, 3.05) is 23.3 Å². The van der Waals surface area contributed by atoms with Gasteiger partial charge in [0.15, 0.2) is 0 Å². The van der Waals surface area contributed by atoms with Gasteiger partial charge >= 0.3 is 6.03 Å². The Morgan fingerprint density at radius 1 is 1.12 bits per heavy atom. The van der Waals surface area contributed by atoms with Crippen LogP contribution in [0.5, 0.6) is 0 Å². The molecule has 0 saturated heterocycles. The van der Waals surface area contributed by atoms with E-state index in [4.69, 9.17) is 5.73 Å². The van der Waals surface area contributed by atoms with Crippen LogP contribution < -0.4 is 21.1 Å². The third-order valence-corrected chi connectivity index (χ3v) is 4.23. The van der Waals surface area contributed by atoms with Gasteiger partial charge in [0, 0.05) is 24.0 Å². The maximum atomic E-state index is 11.9. The molecule has 2 rings (SSSR count). The van der Waals surface area contributed by atoms with Crippen LogP contribution in [0, 0.1) is 0 Å². The molecule has 2 aromatic rings. The minimum absolute atomic E-state index is 0.167. The Morgan fingerprint density at radius 2 is 1.84 bits per heavy atom. The summed E-state index contributed by atoms with van der Waals surface area (Å²) in [5.41, 5.74) is 6.60. The van der Waals surface area contributed by atoms with Crippen molar-refractivity contribution in [2.24, 2.45) is 0 Å². The maximum absolute atomic E-state index is 11.9. The first kappa shape index (κ1) is 18.2. The number of urea groups is 1. The highest BCUT2D eigenvalue weighted by Crippen LogP contribution is 2.05. The number of carbonyl (C=O) groups is 2. The van der Waals surface area contributed by atoms with Crippen LogP contribution in [0.2, 0.25) is 0 Å². The van der Waals surface area contributed by atoms with Gasteiger partial charge in [0.05, 0.1) is 17.6 Å². The summed E-state index contributed by atoms with van der Waals surface area (Å²) in [6.45, 7) is -0.170. The number of hydrogen-bond acceptors (Lipinski definition) is 6. The Balaban J connectivity index is 1.80. The molecule has 1 aromatic heterocycles. The number of hydrogen-bond donors (Lipinski definition) is 4. The van der Waals surface area contributed by atoms with Gasteiger partial charge in [-0.05, 0) is 36.4 Å². The van der Waals surface area contributed by atoms with Crippen molar-refractivity contribution in [1.29, 1.82) is 0 Å². The quantitative estimate of drug-likeness (QED) is 0.552. The summed E-state index contributed by atoms with van der Waals surface area (Å²) in [5, 5.41) is 4.88. The first-order valence-electron chi connectivity index (χ1n) is 7.21. The molecule has 0 bridgehead atoms. The van der Waals surface area contributed by atoms with E-state index in [-0.39, 0.29) is 12.1 Å². The van der Waals surface area contributed by atoms with Gasteiger partial charge in [-0.25, -0.2) is 17.9 Å². The largest absolute Gasteiger partial charge is 0.399 e. The van der Waals surface area contributed by atoms with Gasteiger partial charge in [-0.2, -0.15) is 0 Å². The molecule has 0 aliphatic heterocycles. The number of benzene rings is 1. The Bertz CT molecular complexity index is 838. The van der Waals surface area contributed by atoms with Crippen LogP contribution in [0.3, 0.4) is 0 Å². The van der Waals surface area contributed by atoms with Crippen molar-refractivity contribution < 1.29 is 18.0 Å². The Kier molecular flexibility index (Phi) is 5.90. The van der Waals surface area contributed by atoms with Gasteiger partial charge in [0.1, 0.15) is 0 Å². The van der Waals surface area contributed by atoms with Gasteiger partial charge in [-0.15, -0.1) is 0 Å². The highest BCUT2D eigenvalue weighted by atomic mass is 32.2. The number of amides is 3. The second kappa shape index (κ2) is 8.11. The summed E-state index contributed by atoms with van der Waals surface area (Å²) in [5.74, 6) is -1.21. The highest BCUT2D eigenvalue weighted by molar-refractivity contribution is 7.90. The highest BCUT2D eigenvalue weighted by Gasteiger charge is 2.16. The fourth-order valence-electron chi connectivity index (χ4n) is 1.80. The second-order valence-corrected chi connectivity index (χ2v) is 6.84. The summed E-state index contributed by atoms with van der Waals surface area (Å²) in [6.07, 6.45) is 3.00. The van der Waals surface area contributed by atoms with Crippen molar-refractivity contribution in [3.05, 3.63) is 54.4 Å². The third kappa shape index (κ3) is 6.11. The lowest BCUT2D eigenvalue weighted by Gasteiger charge is -2.09. The molecular formula is C15H17N5O4S. The lowest BCUT2D eigenvalue weighted by Crippen LogP contribution is -2.38. The molecule has 0 fully saturated rings. The number of pyridine rings is 1. The number of aromatic nitrogens is 1. The molecule has 0 aliphatic rings. The minimum Gasteiger partial charge on any atom is -0.399 e. The van der Waals surface area contributed by atoms with Crippen LogP contribution in [-0.4, -0.2) is 37.6 Å². The molecule has 0 aliphatic carbocycles. The van der Waals surface area contributed by atoms with E-state index in [1.807, 2.05) is 4.72 Å².